The van der Waals surface area contributed by atoms with Crippen LogP contribution in [0.15, 0.2) is 90.8 Å². The van der Waals surface area contributed by atoms with E-state index < -0.39 is 30.1 Å². The summed E-state index contributed by atoms with van der Waals surface area (Å²) in [4.78, 5) is 36.9. The second-order valence-electron chi connectivity index (χ2n) is 17.0. The lowest BCUT2D eigenvalue weighted by molar-refractivity contribution is -0.129. The van der Waals surface area contributed by atoms with Gasteiger partial charge in [0.2, 0.25) is 0 Å². The molecule has 0 saturated heterocycles. The van der Waals surface area contributed by atoms with Gasteiger partial charge in [0.05, 0.1) is 18.6 Å². The second-order valence-corrected chi connectivity index (χ2v) is 17.0. The Morgan fingerprint density at radius 3 is 2.54 bits per heavy atom. The van der Waals surface area contributed by atoms with Crippen LogP contribution in [0.3, 0.4) is 0 Å². The van der Waals surface area contributed by atoms with Crippen LogP contribution < -0.4 is 9.72 Å². The molecule has 1 aliphatic heterocycles. The molecule has 0 unspecified atom stereocenters. The maximum atomic E-state index is 14.9. The van der Waals surface area contributed by atoms with Crippen LogP contribution in [-0.2, 0) is 22.4 Å². The summed E-state index contributed by atoms with van der Waals surface area (Å²) >= 11 is 0. The first-order valence-electron chi connectivity index (χ1n) is 21.2. The van der Waals surface area contributed by atoms with Gasteiger partial charge in [-0.05, 0) is 128 Å². The van der Waals surface area contributed by atoms with Crippen molar-refractivity contribution in [1.82, 2.24) is 9.97 Å². The molecule has 3 aromatic carbocycles. The molecule has 2 aromatic heterocycles. The van der Waals surface area contributed by atoms with E-state index in [-0.39, 0.29) is 54.3 Å². The van der Waals surface area contributed by atoms with E-state index in [2.05, 4.69) is 11.1 Å². The highest BCUT2D eigenvalue weighted by atomic mass is 16.5. The van der Waals surface area contributed by atoms with Gasteiger partial charge in [-0.15, -0.1) is 5.69 Å². The van der Waals surface area contributed by atoms with Gasteiger partial charge in [-0.3, -0.25) is 9.59 Å². The number of aliphatic hydroxyl groups is 2. The van der Waals surface area contributed by atoms with Crippen molar-refractivity contribution in [2.75, 3.05) is 0 Å². The number of fused-ring (bicyclic) bond motifs is 13. The Labute approximate surface area is 344 Å². The highest BCUT2D eigenvalue weighted by Crippen LogP contribution is 2.50. The van der Waals surface area contributed by atoms with Crippen molar-refractivity contribution in [1.29, 1.82) is 0 Å². The number of ether oxygens (including phenoxy) is 1. The average Bonchev–Trinajstić information content (AvgIpc) is 4.01. The van der Waals surface area contributed by atoms with Crippen molar-refractivity contribution in [3.8, 4) is 17.2 Å². The molecule has 6 bridgehead atoms. The molecule has 306 valence electrons. The zero-order chi connectivity index (χ0) is 40.6. The fraction of sp³-hybridized carbons (Fsp3) is 0.388. The number of phenolic OH excluding ortho intramolecular Hbond substituents is 2. The summed E-state index contributed by atoms with van der Waals surface area (Å²) < 4.78 is 6.35. The van der Waals surface area contributed by atoms with Crippen LogP contribution in [0.5, 0.6) is 17.2 Å². The molecule has 59 heavy (non-hydrogen) atoms. The lowest BCUT2D eigenvalue weighted by Crippen LogP contribution is -2.35. The van der Waals surface area contributed by atoms with Crippen molar-refractivity contribution in [3.63, 3.8) is 0 Å². The number of Topliss-reactive ketones (excluding diaryl/α,β-unsaturated/α-hetero) is 2. The predicted molar refractivity (Wildman–Crippen MR) is 224 cm³/mol. The van der Waals surface area contributed by atoms with E-state index in [1.165, 1.54) is 0 Å². The van der Waals surface area contributed by atoms with E-state index in [0.717, 1.165) is 64.8 Å². The molecule has 6 atom stereocenters. The van der Waals surface area contributed by atoms with Gasteiger partial charge in [-0.2, -0.15) is 6.20 Å². The molecule has 9 rings (SSSR count). The molecular weight excluding hydrogens is 743 g/mol. The molecule has 5 N–H and O–H groups in total. The molecule has 5 aromatic rings. The first-order chi connectivity index (χ1) is 28.7. The normalized spacial score (nSPS) is 23.8. The summed E-state index contributed by atoms with van der Waals surface area (Å²) in [6.07, 6.45) is 10.2. The minimum atomic E-state index is -1.16. The van der Waals surface area contributed by atoms with Crippen LogP contribution in [0.2, 0.25) is 0 Å². The predicted octanol–water partition coefficient (Wildman–Crippen LogP) is 8.74. The number of aromatic amines is 1. The summed E-state index contributed by atoms with van der Waals surface area (Å²) in [6, 6.07) is 22.0. The fourth-order valence-electron chi connectivity index (χ4n) is 10.1. The van der Waals surface area contributed by atoms with Gasteiger partial charge >= 0.3 is 0 Å². The number of aryl methyl sites for hydroxylation is 2. The zero-order valence-electron chi connectivity index (χ0n) is 33.1. The Morgan fingerprint density at radius 2 is 1.69 bits per heavy atom. The number of hydrogen-bond donors (Lipinski definition) is 5. The second kappa shape index (κ2) is 16.6. The van der Waals surface area contributed by atoms with Crippen molar-refractivity contribution in [3.05, 3.63) is 141 Å². The number of rotatable bonds is 7. The third kappa shape index (κ3) is 8.08. The number of phenols is 2. The van der Waals surface area contributed by atoms with Crippen LogP contribution in [0, 0.1) is 5.92 Å². The molecular formula is C49H51N3O7-2. The first-order valence-corrected chi connectivity index (χ1v) is 21.2. The van der Waals surface area contributed by atoms with Gasteiger partial charge in [0.1, 0.15) is 23.4 Å². The van der Waals surface area contributed by atoms with E-state index in [1.54, 1.807) is 36.5 Å². The van der Waals surface area contributed by atoms with E-state index >= 15 is 0 Å². The van der Waals surface area contributed by atoms with Gasteiger partial charge in [0, 0.05) is 23.8 Å². The minimum absolute atomic E-state index is 0.0385. The van der Waals surface area contributed by atoms with Crippen molar-refractivity contribution >= 4 is 23.5 Å². The molecule has 3 heterocycles. The third-order valence-electron chi connectivity index (χ3n) is 13.1. The Morgan fingerprint density at radius 1 is 0.864 bits per heavy atom. The van der Waals surface area contributed by atoms with Gasteiger partial charge in [-0.1, -0.05) is 77.8 Å². The average molecular weight is 794 g/mol. The van der Waals surface area contributed by atoms with E-state index in [4.69, 9.17) is 15.0 Å². The Bertz CT molecular complexity index is 2370. The van der Waals surface area contributed by atoms with Crippen LogP contribution in [0.4, 0.5) is 5.82 Å². The van der Waals surface area contributed by atoms with Crippen molar-refractivity contribution in [2.24, 2.45) is 5.92 Å². The van der Waals surface area contributed by atoms with Crippen LogP contribution in [-0.4, -0.2) is 55.2 Å². The molecule has 10 nitrogen and oxygen atoms in total. The highest BCUT2D eigenvalue weighted by molar-refractivity contribution is 6.02. The zero-order valence-corrected chi connectivity index (χ0v) is 33.1. The molecule has 10 heteroatoms. The maximum absolute atomic E-state index is 14.9. The number of aliphatic hydroxyl groups excluding tert-OH is 2. The summed E-state index contributed by atoms with van der Waals surface area (Å²) in [5.74, 6) is -0.557. The number of nitrogens with zero attached hydrogens (tertiary/aromatic N) is 2. The van der Waals surface area contributed by atoms with E-state index in [0.29, 0.717) is 54.8 Å². The van der Waals surface area contributed by atoms with Crippen LogP contribution in [0.25, 0.3) is 11.4 Å². The maximum Gasteiger partial charge on any atom is 0.163 e. The van der Waals surface area contributed by atoms with Gasteiger partial charge in [-0.25, -0.2) is 0 Å². The molecule has 1 fully saturated rings. The SMILES string of the molecule is O=C1CCc2cc(OC3CCCC3)c(O)c(c2)[C@H](O)c2cccc(c2)[C@H]2CC[C@H]([N-]c3[nH]ccc32)C2=Cc3[n-]ccc3[C@@H](C[C@H](O)CCc3cccc(O)c3)[C@H]2C(=O)C1. The first kappa shape index (κ1) is 38.9. The van der Waals surface area contributed by atoms with Crippen LogP contribution >= 0.6 is 0 Å². The third-order valence-corrected chi connectivity index (χ3v) is 13.1. The fourth-order valence-corrected chi connectivity index (χ4v) is 10.1. The standard InChI is InChI=1S/C49H51N3O7/c53-32-8-3-5-28(21-32)11-13-33(54)25-39-37-17-19-50-43(37)27-40-42-16-15-36(38-18-20-51-49(38)52-42)30-6-4-7-31(24-30)47(57)41-22-29(12-14-34(55)26-44(56)46(39)40)23-45(48(41)58)59-35-9-1-2-10-35/h3-8,17-24,27,33,35-36,39,42,46-47,51,53-54,57-58H,1-2,9-16,25-26H2/q-2/t33-,36-,39-,42+,46-,47-/m1/s1. The number of carbonyl (C=O) groups is 2. The number of aromatic hydroxyl groups is 2. The van der Waals surface area contributed by atoms with E-state index in [9.17, 15) is 30.0 Å². The number of benzene rings is 3. The number of ketones is 2. The molecule has 0 amide bonds. The summed E-state index contributed by atoms with van der Waals surface area (Å²) in [6.45, 7) is 0. The largest absolute Gasteiger partial charge is 0.664 e. The van der Waals surface area contributed by atoms with E-state index in [1.807, 2.05) is 48.7 Å². The van der Waals surface area contributed by atoms with Gasteiger partial charge < -0.3 is 40.4 Å². The smallest absolute Gasteiger partial charge is 0.163 e. The minimum Gasteiger partial charge on any atom is -0.664 e. The lowest BCUT2D eigenvalue weighted by Gasteiger charge is -2.40. The topological polar surface area (TPSA) is 168 Å². The number of H-pyrrole nitrogens is 1. The molecule has 0 radical (unpaired) electrons. The summed E-state index contributed by atoms with van der Waals surface area (Å²) in [5.41, 5.74) is 7.05. The molecule has 1 saturated carbocycles. The number of aromatic nitrogens is 2. The summed E-state index contributed by atoms with van der Waals surface area (Å²) in [7, 11) is 0. The molecule has 3 aliphatic carbocycles. The monoisotopic (exact) mass is 793 g/mol. The Balaban J connectivity index is 1.10. The molecule has 0 spiro atoms. The van der Waals surface area contributed by atoms with Crippen molar-refractivity contribution in [2.45, 2.75) is 113 Å². The van der Waals surface area contributed by atoms with Crippen LogP contribution in [0.1, 0.15) is 127 Å². The highest BCUT2D eigenvalue weighted by Gasteiger charge is 2.40. The van der Waals surface area contributed by atoms with Gasteiger partial charge in [0.15, 0.2) is 11.5 Å². The lowest BCUT2D eigenvalue weighted by atomic mass is 9.68. The Kier molecular flexibility index (Phi) is 10.9. The summed E-state index contributed by atoms with van der Waals surface area (Å²) in [5, 5.41) is 50.5. The van der Waals surface area contributed by atoms with Crippen molar-refractivity contribution < 1.29 is 34.8 Å². The Hall–Kier alpha value is -5.58. The molecule has 4 aliphatic rings. The number of hydrogen-bond acceptors (Lipinski definition) is 7. The van der Waals surface area contributed by atoms with Gasteiger partial charge in [0.25, 0.3) is 0 Å². The number of carbonyl (C=O) groups excluding carboxylic acids is 2. The quantitative estimate of drug-likeness (QED) is 0.102. The number of nitrogens with one attached hydrogen (secondary N) is 1.